The molecule has 3 amide bonds. The van der Waals surface area contributed by atoms with Crippen LogP contribution in [0.15, 0.2) is 0 Å². The molecule has 1 atom stereocenters. The fraction of sp³-hybridized carbons (Fsp3) is 0.750. The van der Waals surface area contributed by atoms with Crippen LogP contribution in [-0.2, 0) is 9.59 Å². The molecule has 0 fully saturated rings. The average molecular weight is 273 g/mol. The van der Waals surface area contributed by atoms with Crippen LogP contribution in [0.25, 0.3) is 0 Å². The largest absolute Gasteiger partial charge is 0.481 e. The Labute approximate surface area is 113 Å². The van der Waals surface area contributed by atoms with E-state index in [-0.39, 0.29) is 24.9 Å². The lowest BCUT2D eigenvalue weighted by atomic mass is 10.2. The summed E-state index contributed by atoms with van der Waals surface area (Å²) in [6, 6.07) is -0.900. The van der Waals surface area contributed by atoms with Crippen LogP contribution in [0.4, 0.5) is 4.79 Å². The van der Waals surface area contributed by atoms with Gasteiger partial charge in [-0.1, -0.05) is 0 Å². The van der Waals surface area contributed by atoms with Gasteiger partial charge in [-0.25, -0.2) is 4.79 Å². The smallest absolute Gasteiger partial charge is 0.318 e. The zero-order chi connectivity index (χ0) is 15.0. The van der Waals surface area contributed by atoms with Crippen molar-refractivity contribution in [3.05, 3.63) is 0 Å². The Balaban J connectivity index is 4.31. The number of carbonyl (C=O) groups excluding carboxylic acids is 2. The molecule has 0 radical (unpaired) electrons. The van der Waals surface area contributed by atoms with E-state index in [1.807, 2.05) is 13.8 Å². The highest BCUT2D eigenvalue weighted by Gasteiger charge is 2.18. The molecular weight excluding hydrogens is 250 g/mol. The normalized spacial score (nSPS) is 11.8. The van der Waals surface area contributed by atoms with Gasteiger partial charge in [0.1, 0.15) is 6.54 Å². The van der Waals surface area contributed by atoms with Crippen LogP contribution in [0, 0.1) is 0 Å². The fourth-order valence-corrected chi connectivity index (χ4v) is 1.48. The Bertz CT molecular complexity index is 331. The molecule has 19 heavy (non-hydrogen) atoms. The maximum atomic E-state index is 11.8. The van der Waals surface area contributed by atoms with Crippen LogP contribution in [0.3, 0.4) is 0 Å². The lowest BCUT2D eigenvalue weighted by molar-refractivity contribution is -0.137. The van der Waals surface area contributed by atoms with Crippen molar-refractivity contribution in [1.82, 2.24) is 15.5 Å². The summed E-state index contributed by atoms with van der Waals surface area (Å²) >= 11 is 0. The predicted molar refractivity (Wildman–Crippen MR) is 70.8 cm³/mol. The summed E-state index contributed by atoms with van der Waals surface area (Å²) in [4.78, 5) is 35.2. The van der Waals surface area contributed by atoms with Gasteiger partial charge in [0, 0.05) is 18.6 Å². The summed E-state index contributed by atoms with van der Waals surface area (Å²) in [5.41, 5.74) is 0. The standard InChI is InChI=1S/C12H23N3O4/c1-5-15(7-10(16)13-8(2)3)12(19)14-9(4)6-11(17)18/h8-9H,5-7H2,1-4H3,(H,13,16)(H,14,19)(H,17,18). The van der Waals surface area contributed by atoms with Crippen LogP contribution in [0.1, 0.15) is 34.1 Å². The van der Waals surface area contributed by atoms with E-state index in [2.05, 4.69) is 10.6 Å². The van der Waals surface area contributed by atoms with Crippen molar-refractivity contribution in [2.24, 2.45) is 0 Å². The van der Waals surface area contributed by atoms with E-state index in [0.29, 0.717) is 6.54 Å². The van der Waals surface area contributed by atoms with Crippen molar-refractivity contribution >= 4 is 17.9 Å². The number of rotatable bonds is 7. The molecule has 0 aromatic rings. The zero-order valence-electron chi connectivity index (χ0n) is 11.9. The van der Waals surface area contributed by atoms with E-state index in [0.717, 1.165) is 0 Å². The van der Waals surface area contributed by atoms with E-state index >= 15 is 0 Å². The van der Waals surface area contributed by atoms with Gasteiger partial charge in [0.15, 0.2) is 0 Å². The molecule has 0 heterocycles. The highest BCUT2D eigenvalue weighted by molar-refractivity contribution is 5.84. The Morgan fingerprint density at radius 1 is 1.16 bits per heavy atom. The van der Waals surface area contributed by atoms with Crippen molar-refractivity contribution in [2.45, 2.75) is 46.2 Å². The summed E-state index contributed by atoms with van der Waals surface area (Å²) in [6.45, 7) is 7.36. The number of aliphatic carboxylic acids is 1. The second kappa shape index (κ2) is 8.34. The minimum atomic E-state index is -0.978. The second-order valence-electron chi connectivity index (χ2n) is 4.68. The number of likely N-dealkylation sites (N-methyl/N-ethyl adjacent to an activating group) is 1. The molecule has 0 rings (SSSR count). The van der Waals surface area contributed by atoms with Gasteiger partial charge in [-0.2, -0.15) is 0 Å². The van der Waals surface area contributed by atoms with Gasteiger partial charge in [0.25, 0.3) is 0 Å². The first kappa shape index (κ1) is 17.2. The highest BCUT2D eigenvalue weighted by atomic mass is 16.4. The Hall–Kier alpha value is -1.79. The van der Waals surface area contributed by atoms with Gasteiger partial charge in [-0.05, 0) is 27.7 Å². The first-order valence-electron chi connectivity index (χ1n) is 6.32. The van der Waals surface area contributed by atoms with Crippen molar-refractivity contribution in [3.63, 3.8) is 0 Å². The fourth-order valence-electron chi connectivity index (χ4n) is 1.48. The van der Waals surface area contributed by atoms with E-state index < -0.39 is 18.0 Å². The van der Waals surface area contributed by atoms with E-state index in [9.17, 15) is 14.4 Å². The summed E-state index contributed by atoms with van der Waals surface area (Å²) in [7, 11) is 0. The number of hydrogen-bond donors (Lipinski definition) is 3. The van der Waals surface area contributed by atoms with Crippen LogP contribution in [0.5, 0.6) is 0 Å². The van der Waals surface area contributed by atoms with E-state index in [1.165, 1.54) is 4.90 Å². The van der Waals surface area contributed by atoms with Crippen LogP contribution in [0.2, 0.25) is 0 Å². The van der Waals surface area contributed by atoms with Gasteiger partial charge < -0.3 is 20.6 Å². The zero-order valence-corrected chi connectivity index (χ0v) is 11.9. The molecule has 0 aliphatic rings. The maximum absolute atomic E-state index is 11.8. The maximum Gasteiger partial charge on any atom is 0.318 e. The molecular formula is C12H23N3O4. The van der Waals surface area contributed by atoms with Gasteiger partial charge in [0.2, 0.25) is 5.91 Å². The van der Waals surface area contributed by atoms with Crippen molar-refractivity contribution in [1.29, 1.82) is 0 Å². The Kier molecular flexibility index (Phi) is 7.55. The minimum Gasteiger partial charge on any atom is -0.481 e. The van der Waals surface area contributed by atoms with E-state index in [1.54, 1.807) is 13.8 Å². The van der Waals surface area contributed by atoms with Gasteiger partial charge in [0.05, 0.1) is 6.42 Å². The molecule has 0 aromatic carbocycles. The van der Waals surface area contributed by atoms with Gasteiger partial charge in [-0.3, -0.25) is 9.59 Å². The minimum absolute atomic E-state index is 0.0141. The van der Waals surface area contributed by atoms with Crippen LogP contribution in [-0.4, -0.2) is 53.1 Å². The lowest BCUT2D eigenvalue weighted by Gasteiger charge is -2.23. The number of carboxylic acid groups (broad SMARTS) is 1. The summed E-state index contributed by atoms with van der Waals surface area (Å²) in [5, 5.41) is 13.8. The number of amides is 3. The molecule has 1 unspecified atom stereocenters. The number of carbonyl (C=O) groups is 3. The third-order valence-electron chi connectivity index (χ3n) is 2.30. The van der Waals surface area contributed by atoms with Gasteiger partial charge >= 0.3 is 12.0 Å². The van der Waals surface area contributed by atoms with Crippen LogP contribution < -0.4 is 10.6 Å². The third-order valence-corrected chi connectivity index (χ3v) is 2.30. The summed E-state index contributed by atoms with van der Waals surface area (Å²) in [6.07, 6.45) is -0.151. The number of nitrogens with one attached hydrogen (secondary N) is 2. The molecule has 7 nitrogen and oxygen atoms in total. The molecule has 0 aromatic heterocycles. The molecule has 0 aliphatic carbocycles. The van der Waals surface area contributed by atoms with Crippen molar-refractivity contribution < 1.29 is 19.5 Å². The molecule has 0 saturated carbocycles. The molecule has 0 saturated heterocycles. The Morgan fingerprint density at radius 2 is 1.74 bits per heavy atom. The summed E-state index contributed by atoms with van der Waals surface area (Å²) in [5.74, 6) is -1.22. The lowest BCUT2D eigenvalue weighted by Crippen LogP contribution is -2.48. The topological polar surface area (TPSA) is 98.7 Å². The predicted octanol–water partition coefficient (Wildman–Crippen LogP) is 0.406. The molecule has 110 valence electrons. The molecule has 7 heteroatoms. The van der Waals surface area contributed by atoms with Gasteiger partial charge in [-0.15, -0.1) is 0 Å². The second-order valence-corrected chi connectivity index (χ2v) is 4.68. The monoisotopic (exact) mass is 273 g/mol. The Morgan fingerprint density at radius 3 is 2.16 bits per heavy atom. The van der Waals surface area contributed by atoms with Crippen molar-refractivity contribution in [3.8, 4) is 0 Å². The molecule has 0 spiro atoms. The number of hydrogen-bond acceptors (Lipinski definition) is 3. The number of nitrogens with zero attached hydrogens (tertiary/aromatic N) is 1. The third kappa shape index (κ3) is 8.01. The first-order valence-corrected chi connectivity index (χ1v) is 6.32. The van der Waals surface area contributed by atoms with E-state index in [4.69, 9.17) is 5.11 Å². The average Bonchev–Trinajstić information content (AvgIpc) is 2.23. The summed E-state index contributed by atoms with van der Waals surface area (Å²) < 4.78 is 0. The molecule has 3 N–H and O–H groups in total. The first-order chi connectivity index (χ1) is 8.76. The van der Waals surface area contributed by atoms with Crippen LogP contribution >= 0.6 is 0 Å². The molecule has 0 aliphatic heterocycles. The number of carboxylic acids is 1. The SMILES string of the molecule is CCN(CC(=O)NC(C)C)C(=O)NC(C)CC(=O)O. The van der Waals surface area contributed by atoms with Crippen molar-refractivity contribution in [2.75, 3.05) is 13.1 Å². The highest BCUT2D eigenvalue weighted by Crippen LogP contribution is 1.95. The number of urea groups is 1. The quantitative estimate of drug-likeness (QED) is 0.625. The molecule has 0 bridgehead atoms.